The molecule has 0 spiro atoms. The van der Waals surface area contributed by atoms with Crippen molar-refractivity contribution in [2.45, 2.75) is 51.4 Å². The lowest BCUT2D eigenvalue weighted by molar-refractivity contribution is -0.126. The average molecular weight is 325 g/mol. The first kappa shape index (κ1) is 19.0. The molecule has 124 valence electrons. The number of carbonyl (C=O) groups excluding carboxylic acids is 1. The summed E-state index contributed by atoms with van der Waals surface area (Å²) in [5, 5.41) is 6.47. The van der Waals surface area contributed by atoms with Crippen molar-refractivity contribution in [3.63, 3.8) is 0 Å². The highest BCUT2D eigenvalue weighted by atomic mass is 35.5. The van der Waals surface area contributed by atoms with Gasteiger partial charge in [-0.1, -0.05) is 49.6 Å². The molecule has 3 nitrogen and oxygen atoms in total. The van der Waals surface area contributed by atoms with E-state index >= 15 is 0 Å². The Morgan fingerprint density at radius 1 is 1.18 bits per heavy atom. The lowest BCUT2D eigenvalue weighted by Gasteiger charge is -2.28. The summed E-state index contributed by atoms with van der Waals surface area (Å²) in [5.74, 6) is 0.212. The van der Waals surface area contributed by atoms with E-state index in [-0.39, 0.29) is 23.7 Å². The summed E-state index contributed by atoms with van der Waals surface area (Å²) in [7, 11) is 0. The predicted octanol–water partition coefficient (Wildman–Crippen LogP) is 3.34. The molecular formula is C18H29ClN2O. The highest BCUT2D eigenvalue weighted by Crippen LogP contribution is 2.41. The van der Waals surface area contributed by atoms with Gasteiger partial charge >= 0.3 is 0 Å². The monoisotopic (exact) mass is 324 g/mol. The fraction of sp³-hybridized carbons (Fsp3) is 0.611. The van der Waals surface area contributed by atoms with Crippen LogP contribution in [0.5, 0.6) is 0 Å². The van der Waals surface area contributed by atoms with E-state index in [1.165, 1.54) is 11.1 Å². The lowest BCUT2D eigenvalue weighted by Crippen LogP contribution is -2.44. The Kier molecular flexibility index (Phi) is 7.91. The quantitative estimate of drug-likeness (QED) is 0.755. The number of carbonyl (C=O) groups is 1. The molecule has 0 aliphatic heterocycles. The molecular weight excluding hydrogens is 296 g/mol. The Morgan fingerprint density at radius 3 is 2.55 bits per heavy atom. The third kappa shape index (κ3) is 4.47. The molecule has 1 fully saturated rings. The molecule has 1 aliphatic carbocycles. The third-order valence-corrected chi connectivity index (χ3v) is 4.48. The Morgan fingerprint density at radius 2 is 1.91 bits per heavy atom. The van der Waals surface area contributed by atoms with Crippen molar-refractivity contribution in [1.82, 2.24) is 10.6 Å². The zero-order valence-corrected chi connectivity index (χ0v) is 14.6. The number of hydrogen-bond acceptors (Lipinski definition) is 2. The summed E-state index contributed by atoms with van der Waals surface area (Å²) in [6.45, 7) is 6.82. The lowest BCUT2D eigenvalue weighted by atomic mass is 9.77. The zero-order valence-electron chi connectivity index (χ0n) is 13.8. The molecule has 1 aromatic rings. The van der Waals surface area contributed by atoms with Crippen molar-refractivity contribution in [1.29, 1.82) is 0 Å². The fourth-order valence-corrected chi connectivity index (χ4v) is 3.30. The van der Waals surface area contributed by atoms with Gasteiger partial charge in [-0.3, -0.25) is 4.79 Å². The summed E-state index contributed by atoms with van der Waals surface area (Å²) >= 11 is 0. The van der Waals surface area contributed by atoms with Gasteiger partial charge in [-0.15, -0.1) is 12.4 Å². The summed E-state index contributed by atoms with van der Waals surface area (Å²) in [5.41, 5.74) is 2.13. The van der Waals surface area contributed by atoms with Crippen molar-refractivity contribution < 1.29 is 4.79 Å². The van der Waals surface area contributed by atoms with Crippen LogP contribution in [0.4, 0.5) is 0 Å². The predicted molar refractivity (Wildman–Crippen MR) is 94.7 cm³/mol. The molecule has 1 amide bonds. The average Bonchev–Trinajstić information content (AvgIpc) is 2.98. The van der Waals surface area contributed by atoms with E-state index < -0.39 is 0 Å². The van der Waals surface area contributed by atoms with Crippen molar-refractivity contribution in [2.24, 2.45) is 0 Å². The molecule has 1 saturated carbocycles. The molecule has 4 heteroatoms. The van der Waals surface area contributed by atoms with Crippen molar-refractivity contribution in [2.75, 3.05) is 19.6 Å². The van der Waals surface area contributed by atoms with Crippen LogP contribution in [0.2, 0.25) is 0 Å². The number of halogens is 1. The van der Waals surface area contributed by atoms with Crippen LogP contribution in [0.15, 0.2) is 24.3 Å². The van der Waals surface area contributed by atoms with Crippen LogP contribution in [0.25, 0.3) is 0 Å². The standard InChI is InChI=1S/C18H28N2O.ClH/c1-3-11-19-12-13-20-17(21)18(9-4-5-10-18)16-8-6-7-15(2)14-16;/h6-8,14,19H,3-5,9-13H2,1-2H3,(H,20,21);1H. The normalized spacial score (nSPS) is 16.1. The van der Waals surface area contributed by atoms with Gasteiger partial charge in [0, 0.05) is 13.1 Å². The number of hydrogen-bond donors (Lipinski definition) is 2. The molecule has 2 N–H and O–H groups in total. The molecule has 0 heterocycles. The maximum atomic E-state index is 12.8. The van der Waals surface area contributed by atoms with Gasteiger partial charge in [0.05, 0.1) is 5.41 Å². The summed E-state index contributed by atoms with van der Waals surface area (Å²) in [6, 6.07) is 8.47. The number of benzene rings is 1. The largest absolute Gasteiger partial charge is 0.354 e. The Bertz CT molecular complexity index is 470. The maximum Gasteiger partial charge on any atom is 0.230 e. The molecule has 1 aliphatic rings. The van der Waals surface area contributed by atoms with Gasteiger partial charge in [0.25, 0.3) is 0 Å². The van der Waals surface area contributed by atoms with Gasteiger partial charge in [-0.05, 0) is 38.3 Å². The number of amides is 1. The molecule has 1 aromatic carbocycles. The van der Waals surface area contributed by atoms with Crippen LogP contribution in [0.1, 0.15) is 50.2 Å². The van der Waals surface area contributed by atoms with Gasteiger partial charge in [0.2, 0.25) is 5.91 Å². The van der Waals surface area contributed by atoms with Gasteiger partial charge in [0.1, 0.15) is 0 Å². The first-order valence-corrected chi connectivity index (χ1v) is 8.25. The molecule has 0 radical (unpaired) electrons. The topological polar surface area (TPSA) is 41.1 Å². The van der Waals surface area contributed by atoms with Gasteiger partial charge in [-0.2, -0.15) is 0 Å². The number of rotatable bonds is 7. The SMILES string of the molecule is CCCNCCNC(=O)C1(c2cccc(C)c2)CCCC1.Cl. The summed E-state index contributed by atoms with van der Waals surface area (Å²) in [6.07, 6.45) is 5.38. The molecule has 0 unspecified atom stereocenters. The molecule has 22 heavy (non-hydrogen) atoms. The van der Waals surface area contributed by atoms with E-state index in [9.17, 15) is 4.79 Å². The second-order valence-electron chi connectivity index (χ2n) is 6.16. The maximum absolute atomic E-state index is 12.8. The van der Waals surface area contributed by atoms with E-state index in [0.29, 0.717) is 6.54 Å². The third-order valence-electron chi connectivity index (χ3n) is 4.48. The molecule has 0 atom stereocenters. The van der Waals surface area contributed by atoms with E-state index in [1.807, 2.05) is 0 Å². The van der Waals surface area contributed by atoms with E-state index in [4.69, 9.17) is 0 Å². The van der Waals surface area contributed by atoms with Gasteiger partial charge in [-0.25, -0.2) is 0 Å². The summed E-state index contributed by atoms with van der Waals surface area (Å²) < 4.78 is 0. The Hall–Kier alpha value is -1.06. The Labute approximate surface area is 140 Å². The molecule has 0 bridgehead atoms. The second-order valence-corrected chi connectivity index (χ2v) is 6.16. The van der Waals surface area contributed by atoms with Crippen LogP contribution < -0.4 is 10.6 Å². The van der Waals surface area contributed by atoms with Crippen LogP contribution in [-0.2, 0) is 10.2 Å². The van der Waals surface area contributed by atoms with Crippen molar-refractivity contribution >= 4 is 18.3 Å². The minimum atomic E-state index is -0.295. The van der Waals surface area contributed by atoms with E-state index in [0.717, 1.165) is 45.2 Å². The number of nitrogens with one attached hydrogen (secondary N) is 2. The van der Waals surface area contributed by atoms with Crippen molar-refractivity contribution in [3.05, 3.63) is 35.4 Å². The van der Waals surface area contributed by atoms with Crippen LogP contribution in [-0.4, -0.2) is 25.5 Å². The highest BCUT2D eigenvalue weighted by Gasteiger charge is 2.42. The first-order chi connectivity index (χ1) is 10.2. The highest BCUT2D eigenvalue weighted by molar-refractivity contribution is 5.88. The van der Waals surface area contributed by atoms with Crippen LogP contribution in [0.3, 0.4) is 0 Å². The second kappa shape index (κ2) is 9.16. The first-order valence-electron chi connectivity index (χ1n) is 8.25. The van der Waals surface area contributed by atoms with Crippen LogP contribution in [0, 0.1) is 6.92 Å². The van der Waals surface area contributed by atoms with Crippen LogP contribution >= 0.6 is 12.4 Å². The number of aryl methyl sites for hydroxylation is 1. The molecule has 2 rings (SSSR count). The van der Waals surface area contributed by atoms with Gasteiger partial charge < -0.3 is 10.6 Å². The minimum absolute atomic E-state index is 0. The smallest absolute Gasteiger partial charge is 0.230 e. The van der Waals surface area contributed by atoms with Crippen molar-refractivity contribution in [3.8, 4) is 0 Å². The summed E-state index contributed by atoms with van der Waals surface area (Å²) in [4.78, 5) is 12.8. The molecule has 0 aromatic heterocycles. The Balaban J connectivity index is 0.00000242. The minimum Gasteiger partial charge on any atom is -0.354 e. The van der Waals surface area contributed by atoms with Gasteiger partial charge in [0.15, 0.2) is 0 Å². The van der Waals surface area contributed by atoms with E-state index in [2.05, 4.69) is 48.7 Å². The van der Waals surface area contributed by atoms with E-state index in [1.54, 1.807) is 0 Å². The fourth-order valence-electron chi connectivity index (χ4n) is 3.30. The zero-order chi connectivity index (χ0) is 15.1. The molecule has 0 saturated heterocycles.